The quantitative estimate of drug-likeness (QED) is 0.245. The fourth-order valence-corrected chi connectivity index (χ4v) is 10.0. The van der Waals surface area contributed by atoms with Crippen LogP contribution in [-0.2, 0) is 4.74 Å². The minimum Gasteiger partial charge on any atom is -0.411 e. The lowest BCUT2D eigenvalue weighted by atomic mass is 9.41. The Kier molecular flexibility index (Phi) is 7.36. The molecule has 32 heavy (non-hydrogen) atoms. The fourth-order valence-electron chi connectivity index (χ4n) is 10.0. The fraction of sp³-hybridized carbons (Fsp3) is 0.966. The van der Waals surface area contributed by atoms with Crippen LogP contribution in [-0.4, -0.2) is 23.6 Å². The van der Waals surface area contributed by atoms with E-state index >= 15 is 0 Å². The van der Waals surface area contributed by atoms with Gasteiger partial charge >= 0.3 is 0 Å². The highest BCUT2D eigenvalue weighted by atomic mass is 16.5. The van der Waals surface area contributed by atoms with Crippen molar-refractivity contribution in [3.63, 3.8) is 0 Å². The van der Waals surface area contributed by atoms with Gasteiger partial charge in [-0.2, -0.15) is 0 Å². The molecular formula is C29H51NO2. The third-order valence-electron chi connectivity index (χ3n) is 11.3. The summed E-state index contributed by atoms with van der Waals surface area (Å²) in [7, 11) is 0. The van der Waals surface area contributed by atoms with Gasteiger partial charge in [0.1, 0.15) is 0 Å². The number of hydrogen-bond acceptors (Lipinski definition) is 3. The van der Waals surface area contributed by atoms with Gasteiger partial charge in [0.2, 0.25) is 0 Å². The molecule has 4 aliphatic rings. The van der Waals surface area contributed by atoms with Crippen LogP contribution in [0.5, 0.6) is 0 Å². The highest BCUT2D eigenvalue weighted by Gasteiger charge is 2.65. The first kappa shape index (κ1) is 24.6. The molecule has 184 valence electrons. The Morgan fingerprint density at radius 3 is 2.41 bits per heavy atom. The molecule has 4 fully saturated rings. The average Bonchev–Trinajstić information content (AvgIpc) is 3.14. The van der Waals surface area contributed by atoms with Crippen LogP contribution in [0.3, 0.4) is 0 Å². The van der Waals surface area contributed by atoms with E-state index in [1.54, 1.807) is 0 Å². The molecule has 0 radical (unpaired) electrons. The zero-order valence-corrected chi connectivity index (χ0v) is 21.9. The number of nitrogens with zero attached hydrogens (tertiary/aromatic N) is 1. The van der Waals surface area contributed by atoms with Crippen molar-refractivity contribution in [2.24, 2.45) is 57.4 Å². The second-order valence-electron chi connectivity index (χ2n) is 12.7. The Bertz CT molecular complexity index is 676. The van der Waals surface area contributed by atoms with Crippen molar-refractivity contribution in [1.29, 1.82) is 0 Å². The molecule has 3 unspecified atom stereocenters. The summed E-state index contributed by atoms with van der Waals surface area (Å²) in [6.07, 6.45) is 14.9. The van der Waals surface area contributed by atoms with Crippen LogP contribution in [0.15, 0.2) is 5.16 Å². The summed E-state index contributed by atoms with van der Waals surface area (Å²) in [6.45, 7) is 15.3. The molecule has 0 spiro atoms. The zero-order valence-electron chi connectivity index (χ0n) is 21.9. The predicted molar refractivity (Wildman–Crippen MR) is 133 cm³/mol. The van der Waals surface area contributed by atoms with Crippen LogP contribution in [0, 0.1) is 52.3 Å². The smallest absolute Gasteiger partial charge is 0.0693 e. The first-order chi connectivity index (χ1) is 15.3. The van der Waals surface area contributed by atoms with E-state index in [1.165, 1.54) is 64.2 Å². The molecule has 0 amide bonds. The van der Waals surface area contributed by atoms with Crippen molar-refractivity contribution >= 4 is 5.71 Å². The third-order valence-corrected chi connectivity index (χ3v) is 11.3. The Morgan fingerprint density at radius 1 is 0.969 bits per heavy atom. The van der Waals surface area contributed by atoms with Crippen molar-refractivity contribution in [1.82, 2.24) is 0 Å². The Hall–Kier alpha value is -0.570. The van der Waals surface area contributed by atoms with Crippen LogP contribution in [0.1, 0.15) is 112 Å². The van der Waals surface area contributed by atoms with Gasteiger partial charge in [0.15, 0.2) is 0 Å². The summed E-state index contributed by atoms with van der Waals surface area (Å²) in [5, 5.41) is 13.8. The lowest BCUT2D eigenvalue weighted by molar-refractivity contribution is -0.195. The van der Waals surface area contributed by atoms with Gasteiger partial charge in [0, 0.05) is 12.5 Å². The van der Waals surface area contributed by atoms with Crippen LogP contribution in [0.25, 0.3) is 0 Å². The zero-order chi connectivity index (χ0) is 23.1. The monoisotopic (exact) mass is 445 g/mol. The van der Waals surface area contributed by atoms with Crippen molar-refractivity contribution in [2.45, 2.75) is 118 Å². The lowest BCUT2D eigenvalue weighted by Gasteiger charge is -2.65. The largest absolute Gasteiger partial charge is 0.411 e. The second kappa shape index (κ2) is 9.59. The summed E-state index contributed by atoms with van der Waals surface area (Å²) in [6, 6.07) is 0. The molecule has 0 aromatic heterocycles. The standard InChI is InChI=1S/C29H51NO2/c1-7-11-19(3)21-13-14-23-26-24(15-17-29(21,23)6)28(5)16-10-9-12-22(28)25(20(4)30-31)27(26)32-18-8-2/h19,21-27,31H,7-18H2,1-6H3/t19-,21-,22?,23+,24+,25?,26+,27?,28+,29-/m1/s1. The molecule has 1 N–H and O–H groups in total. The van der Waals surface area contributed by atoms with Gasteiger partial charge in [-0.25, -0.2) is 0 Å². The average molecular weight is 446 g/mol. The number of ether oxygens (including phenoxy) is 1. The summed E-state index contributed by atoms with van der Waals surface area (Å²) in [4.78, 5) is 0. The molecule has 4 rings (SSSR count). The summed E-state index contributed by atoms with van der Waals surface area (Å²) >= 11 is 0. The van der Waals surface area contributed by atoms with Gasteiger partial charge in [-0.05, 0) is 98.2 Å². The maximum atomic E-state index is 9.94. The Labute approximate surface area is 198 Å². The highest BCUT2D eigenvalue weighted by molar-refractivity contribution is 5.85. The molecule has 3 nitrogen and oxygen atoms in total. The molecule has 3 heteroatoms. The highest BCUT2D eigenvalue weighted by Crippen LogP contribution is 2.69. The predicted octanol–water partition coefficient (Wildman–Crippen LogP) is 7.95. The molecule has 0 saturated heterocycles. The maximum Gasteiger partial charge on any atom is 0.0693 e. The molecule has 0 heterocycles. The topological polar surface area (TPSA) is 41.8 Å². The number of oxime groups is 1. The van der Waals surface area contributed by atoms with Gasteiger partial charge in [0.25, 0.3) is 0 Å². The molecule has 0 aromatic rings. The van der Waals surface area contributed by atoms with Gasteiger partial charge < -0.3 is 9.94 Å². The first-order valence-electron chi connectivity index (χ1n) is 14.1. The lowest BCUT2D eigenvalue weighted by Crippen LogP contribution is -2.63. The second-order valence-corrected chi connectivity index (χ2v) is 12.7. The van der Waals surface area contributed by atoms with Gasteiger partial charge in [0.05, 0.1) is 11.8 Å². The number of fused-ring (bicyclic) bond motifs is 5. The maximum absolute atomic E-state index is 9.94. The SMILES string of the molecule is CCCOC1C(C(C)=NO)C2CCCC[C@]2(C)[C@H]2CC[C@]3(C)[C@@H]([C@H](C)CCC)CC[C@H]3[C@H]12. The molecule has 4 aliphatic carbocycles. The first-order valence-corrected chi connectivity index (χ1v) is 14.1. The molecular weight excluding hydrogens is 394 g/mol. The van der Waals surface area contributed by atoms with Crippen LogP contribution in [0.4, 0.5) is 0 Å². The van der Waals surface area contributed by atoms with E-state index in [0.29, 0.717) is 22.7 Å². The minimum absolute atomic E-state index is 0.233. The van der Waals surface area contributed by atoms with Gasteiger partial charge in [-0.1, -0.05) is 65.5 Å². The van der Waals surface area contributed by atoms with Crippen LogP contribution >= 0.6 is 0 Å². The van der Waals surface area contributed by atoms with Crippen LogP contribution in [0.2, 0.25) is 0 Å². The normalized spacial score (nSPS) is 47.4. The van der Waals surface area contributed by atoms with Crippen molar-refractivity contribution in [3.05, 3.63) is 0 Å². The number of hydrogen-bond donors (Lipinski definition) is 1. The number of rotatable bonds is 7. The molecule has 0 aliphatic heterocycles. The van der Waals surface area contributed by atoms with E-state index in [4.69, 9.17) is 4.74 Å². The van der Waals surface area contributed by atoms with Gasteiger partial charge in [-0.15, -0.1) is 0 Å². The van der Waals surface area contributed by atoms with E-state index in [-0.39, 0.29) is 12.0 Å². The third kappa shape index (κ3) is 3.77. The molecule has 0 bridgehead atoms. The van der Waals surface area contributed by atoms with E-state index in [2.05, 4.69) is 46.7 Å². The summed E-state index contributed by atoms with van der Waals surface area (Å²) in [5.41, 5.74) is 1.76. The van der Waals surface area contributed by atoms with E-state index in [0.717, 1.165) is 42.4 Å². The molecule has 4 saturated carbocycles. The van der Waals surface area contributed by atoms with Crippen LogP contribution < -0.4 is 0 Å². The summed E-state index contributed by atoms with van der Waals surface area (Å²) < 4.78 is 6.84. The Balaban J connectivity index is 1.76. The summed E-state index contributed by atoms with van der Waals surface area (Å²) in [5.74, 6) is 4.75. The Morgan fingerprint density at radius 2 is 1.72 bits per heavy atom. The van der Waals surface area contributed by atoms with E-state index in [1.807, 2.05) is 0 Å². The van der Waals surface area contributed by atoms with Crippen molar-refractivity contribution in [2.75, 3.05) is 6.61 Å². The van der Waals surface area contributed by atoms with Crippen molar-refractivity contribution in [3.8, 4) is 0 Å². The minimum atomic E-state index is 0.233. The van der Waals surface area contributed by atoms with Gasteiger partial charge in [-0.3, -0.25) is 0 Å². The molecule has 0 aromatic carbocycles. The molecule has 10 atom stereocenters. The van der Waals surface area contributed by atoms with E-state index < -0.39 is 0 Å². The van der Waals surface area contributed by atoms with Crippen molar-refractivity contribution < 1.29 is 9.94 Å². The van der Waals surface area contributed by atoms with E-state index in [9.17, 15) is 5.21 Å².